The van der Waals surface area contributed by atoms with E-state index in [9.17, 15) is 8.42 Å². The summed E-state index contributed by atoms with van der Waals surface area (Å²) in [7, 11) is -3.49. The zero-order valence-electron chi connectivity index (χ0n) is 12.2. The molecular weight excluding hydrogens is 331 g/mol. The van der Waals surface area contributed by atoms with Crippen LogP contribution >= 0.6 is 23.2 Å². The van der Waals surface area contributed by atoms with Gasteiger partial charge in [0, 0.05) is 36.6 Å². The largest absolute Gasteiger partial charge is 0.298 e. The topological polar surface area (TPSA) is 40.6 Å². The van der Waals surface area contributed by atoms with Crippen molar-refractivity contribution in [3.8, 4) is 0 Å². The maximum atomic E-state index is 12.7. The summed E-state index contributed by atoms with van der Waals surface area (Å²) in [5, 5.41) is 0.494. The zero-order valence-corrected chi connectivity index (χ0v) is 14.5. The van der Waals surface area contributed by atoms with Crippen LogP contribution in [-0.4, -0.2) is 49.8 Å². The molecule has 0 spiro atoms. The van der Waals surface area contributed by atoms with Gasteiger partial charge in [-0.1, -0.05) is 18.5 Å². The second-order valence-electron chi connectivity index (χ2n) is 5.23. The molecule has 1 heterocycles. The van der Waals surface area contributed by atoms with Gasteiger partial charge in [-0.2, -0.15) is 4.31 Å². The highest BCUT2D eigenvalue weighted by Gasteiger charge is 2.31. The molecule has 0 bridgehead atoms. The molecule has 1 aliphatic rings. The summed E-state index contributed by atoms with van der Waals surface area (Å²) >= 11 is 11.8. The number of benzene rings is 1. The lowest BCUT2D eigenvalue weighted by molar-refractivity contribution is 0.135. The Labute approximate surface area is 136 Å². The first kappa shape index (κ1) is 17.0. The number of likely N-dealkylation sites (N-methyl/N-ethyl adjacent to an activating group) is 1. The number of hydrogen-bond donors (Lipinski definition) is 0. The van der Waals surface area contributed by atoms with Gasteiger partial charge in [-0.15, -0.1) is 11.6 Å². The number of piperazine rings is 1. The quantitative estimate of drug-likeness (QED) is 0.784. The second kappa shape index (κ2) is 6.84. The van der Waals surface area contributed by atoms with Crippen molar-refractivity contribution in [1.29, 1.82) is 0 Å². The number of nitrogens with zero attached hydrogens (tertiary/aromatic N) is 2. The van der Waals surface area contributed by atoms with Gasteiger partial charge in [0.05, 0.1) is 4.90 Å². The van der Waals surface area contributed by atoms with Gasteiger partial charge in [0.1, 0.15) is 0 Å². The molecule has 1 saturated heterocycles. The molecule has 1 aromatic carbocycles. The SMILES string of the molecule is CCN1CCN(S(=O)(=O)c2ccc(Cl)c(CCl)c2)CC1C. The average molecular weight is 351 g/mol. The van der Waals surface area contributed by atoms with Crippen molar-refractivity contribution in [3.05, 3.63) is 28.8 Å². The summed E-state index contributed by atoms with van der Waals surface area (Å²) in [4.78, 5) is 2.54. The van der Waals surface area contributed by atoms with E-state index >= 15 is 0 Å². The third-order valence-corrected chi connectivity index (χ3v) is 6.45. The van der Waals surface area contributed by atoms with E-state index < -0.39 is 10.0 Å². The lowest BCUT2D eigenvalue weighted by Gasteiger charge is -2.38. The molecule has 7 heteroatoms. The number of hydrogen-bond acceptors (Lipinski definition) is 3. The fourth-order valence-electron chi connectivity index (χ4n) is 2.61. The molecule has 118 valence electrons. The standard InChI is InChI=1S/C14H20Cl2N2O2S/c1-3-17-6-7-18(10-11(17)2)21(19,20)13-4-5-14(16)12(8-13)9-15/h4-5,8,11H,3,6-7,9-10H2,1-2H3. The van der Waals surface area contributed by atoms with Crippen LogP contribution in [0, 0.1) is 0 Å². The maximum absolute atomic E-state index is 12.7. The molecule has 0 saturated carbocycles. The van der Waals surface area contributed by atoms with E-state index in [0.29, 0.717) is 23.7 Å². The highest BCUT2D eigenvalue weighted by Crippen LogP contribution is 2.25. The minimum atomic E-state index is -3.49. The molecule has 1 atom stereocenters. The van der Waals surface area contributed by atoms with E-state index in [1.807, 2.05) is 0 Å². The summed E-state index contributed by atoms with van der Waals surface area (Å²) in [6.07, 6.45) is 0. The Hall–Kier alpha value is -0.330. The van der Waals surface area contributed by atoms with Crippen molar-refractivity contribution in [3.63, 3.8) is 0 Å². The Bertz CT molecular complexity index is 607. The fraction of sp³-hybridized carbons (Fsp3) is 0.571. The Kier molecular flexibility index (Phi) is 5.54. The number of rotatable bonds is 4. The van der Waals surface area contributed by atoms with Crippen molar-refractivity contribution in [2.75, 3.05) is 26.2 Å². The van der Waals surface area contributed by atoms with Crippen molar-refractivity contribution in [2.24, 2.45) is 0 Å². The van der Waals surface area contributed by atoms with Crippen molar-refractivity contribution >= 4 is 33.2 Å². The molecule has 0 aliphatic carbocycles. The first-order chi connectivity index (χ1) is 9.90. The van der Waals surface area contributed by atoms with Crippen LogP contribution in [0.4, 0.5) is 0 Å². The molecule has 1 aromatic rings. The summed E-state index contributed by atoms with van der Waals surface area (Å²) < 4.78 is 27.0. The van der Waals surface area contributed by atoms with E-state index in [4.69, 9.17) is 23.2 Å². The van der Waals surface area contributed by atoms with E-state index in [0.717, 1.165) is 13.1 Å². The van der Waals surface area contributed by atoms with Gasteiger partial charge in [-0.25, -0.2) is 8.42 Å². The van der Waals surface area contributed by atoms with E-state index in [2.05, 4.69) is 18.7 Å². The predicted octanol–water partition coefficient (Wildman–Crippen LogP) is 2.79. The monoisotopic (exact) mass is 350 g/mol. The molecular formula is C14H20Cl2N2O2S. The Morgan fingerprint density at radius 2 is 2.05 bits per heavy atom. The van der Waals surface area contributed by atoms with Crippen molar-refractivity contribution in [2.45, 2.75) is 30.7 Å². The van der Waals surface area contributed by atoms with Crippen LogP contribution in [0.3, 0.4) is 0 Å². The minimum absolute atomic E-state index is 0.197. The van der Waals surface area contributed by atoms with E-state index in [1.165, 1.54) is 0 Å². The smallest absolute Gasteiger partial charge is 0.243 e. The Morgan fingerprint density at radius 1 is 1.33 bits per heavy atom. The van der Waals surface area contributed by atoms with Crippen LogP contribution in [0.5, 0.6) is 0 Å². The minimum Gasteiger partial charge on any atom is -0.298 e. The van der Waals surface area contributed by atoms with E-state index in [-0.39, 0.29) is 16.8 Å². The number of halogens is 2. The average Bonchev–Trinajstić information content (AvgIpc) is 2.47. The molecule has 1 aliphatic heterocycles. The normalized spacial score (nSPS) is 21.6. The third-order valence-electron chi connectivity index (χ3n) is 3.93. The van der Waals surface area contributed by atoms with Crippen LogP contribution in [0.25, 0.3) is 0 Å². The molecule has 2 rings (SSSR count). The van der Waals surface area contributed by atoms with Crippen LogP contribution < -0.4 is 0 Å². The summed E-state index contributed by atoms with van der Waals surface area (Å²) in [6.45, 7) is 6.86. The highest BCUT2D eigenvalue weighted by atomic mass is 35.5. The zero-order chi connectivity index (χ0) is 15.6. The van der Waals surface area contributed by atoms with Crippen LogP contribution in [0.1, 0.15) is 19.4 Å². The Balaban J connectivity index is 2.26. The summed E-state index contributed by atoms with van der Waals surface area (Å²) in [5.74, 6) is 0.197. The lowest BCUT2D eigenvalue weighted by Crippen LogP contribution is -2.53. The molecule has 0 N–H and O–H groups in total. The molecule has 4 nitrogen and oxygen atoms in total. The van der Waals surface area contributed by atoms with Crippen molar-refractivity contribution < 1.29 is 8.42 Å². The first-order valence-electron chi connectivity index (χ1n) is 6.98. The molecule has 0 aromatic heterocycles. The number of sulfonamides is 1. The van der Waals surface area contributed by atoms with Crippen LogP contribution in [0.15, 0.2) is 23.1 Å². The second-order valence-corrected chi connectivity index (χ2v) is 7.84. The van der Waals surface area contributed by atoms with Gasteiger partial charge >= 0.3 is 0 Å². The van der Waals surface area contributed by atoms with Gasteiger partial charge in [0.25, 0.3) is 0 Å². The van der Waals surface area contributed by atoms with Crippen LogP contribution in [-0.2, 0) is 15.9 Å². The first-order valence-corrected chi connectivity index (χ1v) is 9.34. The summed E-state index contributed by atoms with van der Waals surface area (Å²) in [5.41, 5.74) is 0.639. The lowest BCUT2D eigenvalue weighted by atomic mass is 10.2. The summed E-state index contributed by atoms with van der Waals surface area (Å²) in [6, 6.07) is 4.93. The molecule has 21 heavy (non-hydrogen) atoms. The van der Waals surface area contributed by atoms with Crippen LogP contribution in [0.2, 0.25) is 5.02 Å². The Morgan fingerprint density at radius 3 is 2.62 bits per heavy atom. The van der Waals surface area contributed by atoms with Gasteiger partial charge in [0.2, 0.25) is 10.0 Å². The molecule has 1 fully saturated rings. The van der Waals surface area contributed by atoms with Gasteiger partial charge in [0.15, 0.2) is 0 Å². The van der Waals surface area contributed by atoms with Gasteiger partial charge in [-0.3, -0.25) is 4.90 Å². The highest BCUT2D eigenvalue weighted by molar-refractivity contribution is 7.89. The maximum Gasteiger partial charge on any atom is 0.243 e. The van der Waals surface area contributed by atoms with Crippen molar-refractivity contribution in [1.82, 2.24) is 9.21 Å². The molecule has 0 radical (unpaired) electrons. The fourth-order valence-corrected chi connectivity index (χ4v) is 4.65. The molecule has 0 amide bonds. The number of alkyl halides is 1. The third kappa shape index (κ3) is 3.54. The van der Waals surface area contributed by atoms with E-state index in [1.54, 1.807) is 22.5 Å². The van der Waals surface area contributed by atoms with Gasteiger partial charge < -0.3 is 0 Å². The van der Waals surface area contributed by atoms with Gasteiger partial charge in [-0.05, 0) is 37.2 Å². The predicted molar refractivity (Wildman–Crippen MR) is 86.5 cm³/mol. The molecule has 1 unspecified atom stereocenters.